The van der Waals surface area contributed by atoms with Crippen LogP contribution in [0.25, 0.3) is 0 Å². The summed E-state index contributed by atoms with van der Waals surface area (Å²) in [6.07, 6.45) is 5.62. The van der Waals surface area contributed by atoms with Crippen molar-refractivity contribution in [3.8, 4) is 0 Å². The lowest BCUT2D eigenvalue weighted by molar-refractivity contribution is -0.182. The standard InChI is InChI=1S/C23H35N3O4/c1-28-22(20-4-2-3-19(17-20)21(24)27)26-13-11-25(12-14-26)10-7-18-5-8-23(9-6-18)29-15-16-30-23/h2-4,17-18,22H,5-16H2,1H3,(H2,24,27). The van der Waals surface area contributed by atoms with E-state index < -0.39 is 5.91 Å². The van der Waals surface area contributed by atoms with E-state index in [1.165, 1.54) is 19.3 Å². The quantitative estimate of drug-likeness (QED) is 0.734. The molecule has 0 bridgehead atoms. The number of nitrogens with two attached hydrogens (primary N) is 1. The number of nitrogens with zero attached hydrogens (tertiary/aromatic N) is 2. The zero-order valence-corrected chi connectivity index (χ0v) is 18.1. The van der Waals surface area contributed by atoms with Crippen molar-refractivity contribution in [3.05, 3.63) is 35.4 Å². The molecule has 7 heteroatoms. The first kappa shape index (κ1) is 21.7. The third kappa shape index (κ3) is 5.03. The van der Waals surface area contributed by atoms with Gasteiger partial charge in [-0.1, -0.05) is 12.1 Å². The molecule has 2 N–H and O–H groups in total. The zero-order chi connectivity index (χ0) is 21.0. The van der Waals surface area contributed by atoms with Gasteiger partial charge in [-0.2, -0.15) is 0 Å². The van der Waals surface area contributed by atoms with Gasteiger partial charge in [0.05, 0.1) is 13.2 Å². The van der Waals surface area contributed by atoms with E-state index >= 15 is 0 Å². The predicted molar refractivity (Wildman–Crippen MR) is 114 cm³/mol. The van der Waals surface area contributed by atoms with Crippen molar-refractivity contribution >= 4 is 5.91 Å². The molecule has 166 valence electrons. The van der Waals surface area contributed by atoms with Crippen molar-refractivity contribution < 1.29 is 19.0 Å². The van der Waals surface area contributed by atoms with E-state index in [0.29, 0.717) is 5.56 Å². The van der Waals surface area contributed by atoms with Gasteiger partial charge in [0.15, 0.2) is 5.79 Å². The number of carbonyl (C=O) groups is 1. The molecule has 1 atom stereocenters. The zero-order valence-electron chi connectivity index (χ0n) is 18.1. The topological polar surface area (TPSA) is 77.3 Å². The van der Waals surface area contributed by atoms with Gasteiger partial charge in [0.25, 0.3) is 0 Å². The van der Waals surface area contributed by atoms with Gasteiger partial charge in [0.1, 0.15) is 6.23 Å². The van der Waals surface area contributed by atoms with E-state index in [1.807, 2.05) is 18.2 Å². The van der Waals surface area contributed by atoms with Gasteiger partial charge in [-0.05, 0) is 49.4 Å². The fraction of sp³-hybridized carbons (Fsp3) is 0.696. The first-order valence-electron chi connectivity index (χ1n) is 11.3. The van der Waals surface area contributed by atoms with Crippen molar-refractivity contribution in [2.45, 2.75) is 44.1 Å². The van der Waals surface area contributed by atoms with Gasteiger partial charge in [-0.25, -0.2) is 0 Å². The molecule has 2 heterocycles. The monoisotopic (exact) mass is 417 g/mol. The molecule has 2 saturated heterocycles. The lowest BCUT2D eigenvalue weighted by atomic mass is 9.83. The highest BCUT2D eigenvalue weighted by Crippen LogP contribution is 2.39. The Hall–Kier alpha value is -1.51. The van der Waals surface area contributed by atoms with Crippen LogP contribution in [0.1, 0.15) is 54.3 Å². The molecular weight excluding hydrogens is 382 g/mol. The SMILES string of the molecule is COC(c1cccc(C(N)=O)c1)N1CCN(CCC2CCC3(CC2)OCCO3)CC1. The Morgan fingerprint density at radius 1 is 1.20 bits per heavy atom. The van der Waals surface area contributed by atoms with Crippen molar-refractivity contribution in [1.29, 1.82) is 0 Å². The van der Waals surface area contributed by atoms with E-state index in [2.05, 4.69) is 9.80 Å². The summed E-state index contributed by atoms with van der Waals surface area (Å²) < 4.78 is 17.5. The molecule has 1 unspecified atom stereocenters. The molecule has 1 saturated carbocycles. The number of benzene rings is 1. The summed E-state index contributed by atoms with van der Waals surface area (Å²) >= 11 is 0. The maximum absolute atomic E-state index is 11.5. The Kier molecular flexibility index (Phi) is 7.05. The highest BCUT2D eigenvalue weighted by Gasteiger charge is 2.40. The minimum Gasteiger partial charge on any atom is -0.366 e. The maximum atomic E-state index is 11.5. The van der Waals surface area contributed by atoms with Gasteiger partial charge < -0.3 is 24.8 Å². The lowest BCUT2D eigenvalue weighted by Crippen LogP contribution is -2.48. The average Bonchev–Trinajstić information content (AvgIpc) is 3.23. The third-order valence-corrected chi connectivity index (χ3v) is 6.95. The normalized spacial score (nSPS) is 24.3. The number of piperazine rings is 1. The molecule has 1 aromatic carbocycles. The molecular formula is C23H35N3O4. The molecule has 7 nitrogen and oxygen atoms in total. The smallest absolute Gasteiger partial charge is 0.248 e. The van der Waals surface area contributed by atoms with E-state index in [4.69, 9.17) is 19.9 Å². The first-order valence-corrected chi connectivity index (χ1v) is 11.3. The van der Waals surface area contributed by atoms with E-state index in [-0.39, 0.29) is 12.0 Å². The van der Waals surface area contributed by atoms with Gasteiger partial charge >= 0.3 is 0 Å². The van der Waals surface area contributed by atoms with E-state index in [1.54, 1.807) is 13.2 Å². The van der Waals surface area contributed by atoms with Crippen molar-refractivity contribution in [2.75, 3.05) is 53.0 Å². The lowest BCUT2D eigenvalue weighted by Gasteiger charge is -2.40. The predicted octanol–water partition coefficient (Wildman–Crippen LogP) is 2.37. The molecule has 1 spiro atoms. The summed E-state index contributed by atoms with van der Waals surface area (Å²) in [4.78, 5) is 16.4. The van der Waals surface area contributed by atoms with Crippen LogP contribution < -0.4 is 5.73 Å². The molecule has 0 aromatic heterocycles. The van der Waals surface area contributed by atoms with Crippen LogP contribution in [0.5, 0.6) is 0 Å². The Bertz CT molecular complexity index is 704. The van der Waals surface area contributed by atoms with Crippen molar-refractivity contribution in [3.63, 3.8) is 0 Å². The van der Waals surface area contributed by atoms with E-state index in [0.717, 1.165) is 70.3 Å². The van der Waals surface area contributed by atoms with Gasteiger partial charge in [-0.3, -0.25) is 9.69 Å². The van der Waals surface area contributed by atoms with Crippen molar-refractivity contribution in [1.82, 2.24) is 9.80 Å². The second-order valence-corrected chi connectivity index (χ2v) is 8.80. The number of carbonyl (C=O) groups excluding carboxylic acids is 1. The molecule has 3 fully saturated rings. The Morgan fingerprint density at radius 3 is 2.53 bits per heavy atom. The van der Waals surface area contributed by atoms with Crippen LogP contribution >= 0.6 is 0 Å². The van der Waals surface area contributed by atoms with Gasteiger partial charge in [0.2, 0.25) is 5.91 Å². The third-order valence-electron chi connectivity index (χ3n) is 6.95. The summed E-state index contributed by atoms with van der Waals surface area (Å²) in [7, 11) is 1.72. The maximum Gasteiger partial charge on any atom is 0.248 e. The van der Waals surface area contributed by atoms with E-state index in [9.17, 15) is 4.79 Å². The summed E-state index contributed by atoms with van der Waals surface area (Å²) in [6, 6.07) is 7.46. The highest BCUT2D eigenvalue weighted by atomic mass is 16.7. The second-order valence-electron chi connectivity index (χ2n) is 8.80. The Morgan fingerprint density at radius 2 is 1.90 bits per heavy atom. The molecule has 1 aromatic rings. The molecule has 0 radical (unpaired) electrons. The van der Waals surface area contributed by atoms with Crippen molar-refractivity contribution in [2.24, 2.45) is 11.7 Å². The van der Waals surface area contributed by atoms with Crippen LogP contribution in [0.15, 0.2) is 24.3 Å². The molecule has 2 aliphatic heterocycles. The molecule has 30 heavy (non-hydrogen) atoms. The Labute approximate surface area is 179 Å². The number of hydrogen-bond donors (Lipinski definition) is 1. The fourth-order valence-corrected chi connectivity index (χ4v) is 5.12. The van der Waals surface area contributed by atoms with Crippen LogP contribution in [0.2, 0.25) is 0 Å². The minimum atomic E-state index is -0.406. The highest BCUT2D eigenvalue weighted by molar-refractivity contribution is 5.92. The fourth-order valence-electron chi connectivity index (χ4n) is 5.12. The molecule has 1 amide bonds. The number of hydrogen-bond acceptors (Lipinski definition) is 6. The second kappa shape index (κ2) is 9.75. The summed E-state index contributed by atoms with van der Waals surface area (Å²) in [5.74, 6) is 0.129. The first-order chi connectivity index (χ1) is 14.6. The van der Waals surface area contributed by atoms with Crippen LogP contribution in [0, 0.1) is 5.92 Å². The number of methoxy groups -OCH3 is 1. The van der Waals surface area contributed by atoms with Crippen LogP contribution in [-0.2, 0) is 14.2 Å². The Balaban J connectivity index is 1.22. The molecule has 1 aliphatic carbocycles. The number of ether oxygens (including phenoxy) is 3. The average molecular weight is 418 g/mol. The molecule has 3 aliphatic rings. The number of primary amides is 1. The largest absolute Gasteiger partial charge is 0.366 e. The number of amides is 1. The summed E-state index contributed by atoms with van der Waals surface area (Å²) in [6.45, 7) is 6.65. The minimum absolute atomic E-state index is 0.146. The van der Waals surface area contributed by atoms with Crippen LogP contribution in [0.4, 0.5) is 0 Å². The number of rotatable bonds is 7. The molecule has 4 rings (SSSR count). The van der Waals surface area contributed by atoms with Crippen LogP contribution in [-0.4, -0.2) is 74.5 Å². The summed E-state index contributed by atoms with van der Waals surface area (Å²) in [5, 5.41) is 0. The van der Waals surface area contributed by atoms with Gasteiger partial charge in [-0.15, -0.1) is 0 Å². The van der Waals surface area contributed by atoms with Gasteiger partial charge in [0, 0.05) is 51.7 Å². The summed E-state index contributed by atoms with van der Waals surface area (Å²) in [5.41, 5.74) is 6.94. The van der Waals surface area contributed by atoms with Crippen LogP contribution in [0.3, 0.4) is 0 Å².